The van der Waals surface area contributed by atoms with Crippen molar-refractivity contribution in [1.82, 2.24) is 15.3 Å². The molecule has 0 unspecified atom stereocenters. The number of carbonyl (C=O) groups excluding carboxylic acids is 1. The monoisotopic (exact) mass is 367 g/mol. The zero-order chi connectivity index (χ0) is 19.1. The lowest BCUT2D eigenvalue weighted by Gasteiger charge is -2.30. The third kappa shape index (κ3) is 5.42. The van der Waals surface area contributed by atoms with Crippen LogP contribution in [0.3, 0.4) is 0 Å². The van der Waals surface area contributed by atoms with E-state index in [1.807, 2.05) is 12.1 Å². The van der Waals surface area contributed by atoms with Gasteiger partial charge in [-0.05, 0) is 49.2 Å². The van der Waals surface area contributed by atoms with Gasteiger partial charge in [-0.15, -0.1) is 0 Å². The minimum absolute atomic E-state index is 0.0484. The van der Waals surface area contributed by atoms with Crippen LogP contribution in [0.2, 0.25) is 0 Å². The lowest BCUT2D eigenvalue weighted by atomic mass is 9.96. The number of likely N-dealkylation sites (tertiary alicyclic amines) is 1. The summed E-state index contributed by atoms with van der Waals surface area (Å²) < 4.78 is 0. The van der Waals surface area contributed by atoms with Gasteiger partial charge in [0.05, 0.1) is 11.1 Å². The van der Waals surface area contributed by atoms with Gasteiger partial charge in [0, 0.05) is 37.0 Å². The molecule has 1 saturated heterocycles. The number of hydrazone groups is 1. The molecule has 0 bridgehead atoms. The van der Waals surface area contributed by atoms with Crippen LogP contribution in [0.1, 0.15) is 24.0 Å². The Morgan fingerprint density at radius 3 is 2.52 bits per heavy atom. The first-order valence-corrected chi connectivity index (χ1v) is 8.80. The van der Waals surface area contributed by atoms with Crippen molar-refractivity contribution in [3.63, 3.8) is 0 Å². The van der Waals surface area contributed by atoms with Gasteiger partial charge in [0.25, 0.3) is 5.69 Å². The minimum atomic E-state index is -0.398. The summed E-state index contributed by atoms with van der Waals surface area (Å²) in [6.07, 6.45) is 6.48. The van der Waals surface area contributed by atoms with Crippen LogP contribution in [0, 0.1) is 16.0 Å². The van der Waals surface area contributed by atoms with Gasteiger partial charge in [-0.2, -0.15) is 5.10 Å². The summed E-state index contributed by atoms with van der Waals surface area (Å²) in [5, 5.41) is 14.7. The van der Waals surface area contributed by atoms with Crippen LogP contribution in [0.15, 0.2) is 53.9 Å². The van der Waals surface area contributed by atoms with Crippen molar-refractivity contribution in [2.75, 3.05) is 13.1 Å². The summed E-state index contributed by atoms with van der Waals surface area (Å²) in [5.74, 6) is -0.108. The van der Waals surface area contributed by atoms with Gasteiger partial charge in [0.1, 0.15) is 0 Å². The number of aromatic nitrogens is 1. The van der Waals surface area contributed by atoms with E-state index < -0.39 is 4.92 Å². The molecule has 2 aromatic rings. The van der Waals surface area contributed by atoms with E-state index in [2.05, 4.69) is 20.4 Å². The predicted molar refractivity (Wildman–Crippen MR) is 101 cm³/mol. The topological polar surface area (TPSA) is 101 Å². The summed E-state index contributed by atoms with van der Waals surface area (Å²) in [7, 11) is 0. The third-order valence-electron chi connectivity index (χ3n) is 4.61. The number of non-ortho nitro benzene ring substituents is 1. The summed E-state index contributed by atoms with van der Waals surface area (Å²) in [6.45, 7) is 2.35. The summed E-state index contributed by atoms with van der Waals surface area (Å²) >= 11 is 0. The molecule has 1 aliphatic heterocycles. The van der Waals surface area contributed by atoms with Crippen LogP contribution >= 0.6 is 0 Å². The van der Waals surface area contributed by atoms with Crippen LogP contribution < -0.4 is 5.43 Å². The molecule has 1 aromatic heterocycles. The summed E-state index contributed by atoms with van der Waals surface area (Å²) in [6, 6.07) is 10.2. The van der Waals surface area contributed by atoms with Gasteiger partial charge in [0.15, 0.2) is 0 Å². The molecule has 1 fully saturated rings. The largest absolute Gasteiger partial charge is 0.299 e. The first-order chi connectivity index (χ1) is 13.1. The Morgan fingerprint density at radius 1 is 1.22 bits per heavy atom. The van der Waals surface area contributed by atoms with Crippen molar-refractivity contribution in [2.24, 2.45) is 11.0 Å². The Morgan fingerprint density at radius 2 is 1.89 bits per heavy atom. The fourth-order valence-electron chi connectivity index (χ4n) is 3.05. The molecule has 8 nitrogen and oxygen atoms in total. The van der Waals surface area contributed by atoms with E-state index in [-0.39, 0.29) is 17.5 Å². The molecule has 0 radical (unpaired) electrons. The number of amides is 1. The first-order valence-electron chi connectivity index (χ1n) is 8.80. The molecule has 0 atom stereocenters. The Labute approximate surface area is 157 Å². The van der Waals surface area contributed by atoms with Crippen LogP contribution in [0.25, 0.3) is 0 Å². The van der Waals surface area contributed by atoms with E-state index in [1.54, 1.807) is 30.7 Å². The first kappa shape index (κ1) is 18.7. The van der Waals surface area contributed by atoms with Gasteiger partial charge < -0.3 is 0 Å². The average Bonchev–Trinajstić information content (AvgIpc) is 2.70. The number of hydrogen-bond acceptors (Lipinski definition) is 6. The summed E-state index contributed by atoms with van der Waals surface area (Å²) in [5.41, 5.74) is 4.62. The molecule has 140 valence electrons. The highest BCUT2D eigenvalue weighted by atomic mass is 16.6. The van der Waals surface area contributed by atoms with E-state index >= 15 is 0 Å². The highest BCUT2D eigenvalue weighted by Crippen LogP contribution is 2.20. The molecular formula is C19H21N5O3. The molecule has 0 saturated carbocycles. The van der Waals surface area contributed by atoms with Crippen molar-refractivity contribution in [1.29, 1.82) is 0 Å². The fourth-order valence-corrected chi connectivity index (χ4v) is 3.05. The van der Waals surface area contributed by atoms with E-state index in [4.69, 9.17) is 0 Å². The number of nitro benzene ring substituents is 1. The van der Waals surface area contributed by atoms with E-state index in [0.29, 0.717) is 0 Å². The number of nitrogens with one attached hydrogen (secondary N) is 1. The quantitative estimate of drug-likeness (QED) is 0.480. The smallest absolute Gasteiger partial charge is 0.269 e. The van der Waals surface area contributed by atoms with Crippen molar-refractivity contribution >= 4 is 17.8 Å². The molecule has 1 N–H and O–H groups in total. The number of nitro groups is 1. The molecular weight excluding hydrogens is 346 g/mol. The second-order valence-electron chi connectivity index (χ2n) is 6.49. The van der Waals surface area contributed by atoms with Crippen LogP contribution in [0.5, 0.6) is 0 Å². The van der Waals surface area contributed by atoms with Crippen LogP contribution in [0.4, 0.5) is 5.69 Å². The molecule has 0 spiro atoms. The summed E-state index contributed by atoms with van der Waals surface area (Å²) in [4.78, 5) is 28.7. The van der Waals surface area contributed by atoms with Gasteiger partial charge in [-0.3, -0.25) is 24.8 Å². The van der Waals surface area contributed by atoms with E-state index in [0.717, 1.165) is 43.6 Å². The second kappa shape index (κ2) is 9.00. The van der Waals surface area contributed by atoms with E-state index in [9.17, 15) is 14.9 Å². The van der Waals surface area contributed by atoms with Gasteiger partial charge >= 0.3 is 0 Å². The Hall–Kier alpha value is -3.13. The molecule has 3 rings (SSSR count). The second-order valence-corrected chi connectivity index (χ2v) is 6.49. The standard InChI is InChI=1S/C19H21N5O3/c25-19(22-21-13-15-5-9-20-10-6-15)17-7-11-23(12-8-17)14-16-1-3-18(4-2-16)24(26)27/h1-6,9-10,13,17H,7-8,11-12,14H2,(H,22,25)/b21-13-. The maximum Gasteiger partial charge on any atom is 0.269 e. The minimum Gasteiger partial charge on any atom is -0.299 e. The zero-order valence-electron chi connectivity index (χ0n) is 14.8. The number of rotatable bonds is 6. The molecule has 27 heavy (non-hydrogen) atoms. The lowest BCUT2D eigenvalue weighted by molar-refractivity contribution is -0.384. The van der Waals surface area contributed by atoms with Crippen LogP contribution in [-0.4, -0.2) is 40.0 Å². The van der Waals surface area contributed by atoms with E-state index in [1.165, 1.54) is 12.1 Å². The Bertz CT molecular complexity index is 800. The number of hydrogen-bond donors (Lipinski definition) is 1. The molecule has 2 heterocycles. The predicted octanol–water partition coefficient (Wildman–Crippen LogP) is 2.35. The molecule has 1 aliphatic rings. The number of pyridine rings is 1. The zero-order valence-corrected chi connectivity index (χ0v) is 14.8. The van der Waals surface area contributed by atoms with Crippen molar-refractivity contribution in [2.45, 2.75) is 19.4 Å². The lowest BCUT2D eigenvalue weighted by Crippen LogP contribution is -2.39. The molecule has 8 heteroatoms. The Balaban J connectivity index is 1.43. The van der Waals surface area contributed by atoms with Crippen molar-refractivity contribution in [3.8, 4) is 0 Å². The van der Waals surface area contributed by atoms with Crippen LogP contribution in [-0.2, 0) is 11.3 Å². The SMILES string of the molecule is O=C(N/N=C\c1ccncc1)C1CCN(Cc2ccc([N+](=O)[O-])cc2)CC1. The molecule has 1 aromatic carbocycles. The molecule has 1 amide bonds. The van der Waals surface area contributed by atoms with Crippen molar-refractivity contribution < 1.29 is 9.72 Å². The highest BCUT2D eigenvalue weighted by molar-refractivity contribution is 5.83. The normalized spacial score (nSPS) is 15.7. The number of nitrogens with zero attached hydrogens (tertiary/aromatic N) is 4. The highest BCUT2D eigenvalue weighted by Gasteiger charge is 2.24. The van der Waals surface area contributed by atoms with Crippen molar-refractivity contribution in [3.05, 3.63) is 70.0 Å². The number of piperidine rings is 1. The maximum atomic E-state index is 12.2. The molecule has 0 aliphatic carbocycles. The van der Waals surface area contributed by atoms with Gasteiger partial charge in [-0.25, -0.2) is 5.43 Å². The number of carbonyl (C=O) groups is 1. The van der Waals surface area contributed by atoms with Gasteiger partial charge in [0.2, 0.25) is 5.91 Å². The third-order valence-corrected chi connectivity index (χ3v) is 4.61. The fraction of sp³-hybridized carbons (Fsp3) is 0.316. The average molecular weight is 367 g/mol. The number of benzene rings is 1. The Kier molecular flexibility index (Phi) is 6.22. The van der Waals surface area contributed by atoms with Gasteiger partial charge in [-0.1, -0.05) is 12.1 Å². The maximum absolute atomic E-state index is 12.2.